The molecule has 3 rings (SSSR count). The molecule has 1 aliphatic rings. The lowest BCUT2D eigenvalue weighted by atomic mass is 10.0. The number of halogens is 2. The first-order valence-electron chi connectivity index (χ1n) is 8.69. The van der Waals surface area contributed by atoms with Crippen molar-refractivity contribution in [2.24, 2.45) is 0 Å². The van der Waals surface area contributed by atoms with E-state index in [0.29, 0.717) is 22.2 Å². The maximum Gasteiger partial charge on any atom is 0.252 e. The quantitative estimate of drug-likeness (QED) is 0.782. The van der Waals surface area contributed by atoms with Gasteiger partial charge in [0, 0.05) is 11.6 Å². The second kappa shape index (κ2) is 8.76. The average Bonchev–Trinajstić information content (AvgIpc) is 3.16. The Morgan fingerprint density at radius 3 is 2.65 bits per heavy atom. The summed E-state index contributed by atoms with van der Waals surface area (Å²) in [5, 5.41) is 3.89. The topological polar surface area (TPSA) is 41.6 Å². The van der Waals surface area contributed by atoms with Crippen LogP contribution in [0.2, 0.25) is 10.0 Å². The van der Waals surface area contributed by atoms with Gasteiger partial charge < -0.3 is 10.1 Å². The largest absolute Gasteiger partial charge is 0.497 e. The number of nitrogens with one attached hydrogen (secondary N) is 1. The molecular weight excluding hydrogens is 371 g/mol. The highest BCUT2D eigenvalue weighted by molar-refractivity contribution is 6.36. The predicted molar refractivity (Wildman–Crippen MR) is 105 cm³/mol. The number of amides is 1. The Bertz CT molecular complexity index is 776. The Morgan fingerprint density at radius 2 is 1.96 bits per heavy atom. The van der Waals surface area contributed by atoms with Gasteiger partial charge >= 0.3 is 0 Å². The van der Waals surface area contributed by atoms with Crippen LogP contribution in [0.5, 0.6) is 5.75 Å². The first-order valence-corrected chi connectivity index (χ1v) is 9.45. The van der Waals surface area contributed by atoms with Crippen LogP contribution in [0.4, 0.5) is 0 Å². The Kier molecular flexibility index (Phi) is 6.41. The molecule has 0 aromatic heterocycles. The molecule has 1 fully saturated rings. The fourth-order valence-electron chi connectivity index (χ4n) is 3.32. The summed E-state index contributed by atoms with van der Waals surface area (Å²) in [7, 11) is 1.66. The minimum absolute atomic E-state index is 0.0997. The molecule has 0 spiro atoms. The van der Waals surface area contributed by atoms with E-state index in [2.05, 4.69) is 16.3 Å². The fourth-order valence-corrected chi connectivity index (χ4v) is 3.81. The van der Waals surface area contributed by atoms with Crippen LogP contribution in [0.3, 0.4) is 0 Å². The SMILES string of the molecule is COc1cccc(C(CNC(=O)c2ccc(Cl)cc2Cl)N2CCCC2)c1. The van der Waals surface area contributed by atoms with E-state index in [0.717, 1.165) is 24.4 Å². The van der Waals surface area contributed by atoms with Crippen LogP contribution in [0, 0.1) is 0 Å². The average molecular weight is 393 g/mol. The monoisotopic (exact) mass is 392 g/mol. The van der Waals surface area contributed by atoms with Crippen LogP contribution in [0.15, 0.2) is 42.5 Å². The van der Waals surface area contributed by atoms with Crippen LogP contribution < -0.4 is 10.1 Å². The van der Waals surface area contributed by atoms with Gasteiger partial charge in [-0.2, -0.15) is 0 Å². The molecular formula is C20H22Cl2N2O2. The van der Waals surface area contributed by atoms with Crippen molar-refractivity contribution in [1.82, 2.24) is 10.2 Å². The smallest absolute Gasteiger partial charge is 0.252 e. The van der Waals surface area contributed by atoms with E-state index in [-0.39, 0.29) is 11.9 Å². The first-order chi connectivity index (χ1) is 12.6. The standard InChI is InChI=1S/C20H22Cl2N2O2/c1-26-16-6-4-5-14(11-16)19(24-9-2-3-10-24)13-23-20(25)17-8-7-15(21)12-18(17)22/h4-8,11-12,19H,2-3,9-10,13H2,1H3,(H,23,25). The molecule has 0 bridgehead atoms. The first kappa shape index (κ1) is 19.0. The zero-order valence-electron chi connectivity index (χ0n) is 14.7. The van der Waals surface area contributed by atoms with Crippen molar-refractivity contribution >= 4 is 29.1 Å². The number of nitrogens with zero attached hydrogens (tertiary/aromatic N) is 1. The summed E-state index contributed by atoms with van der Waals surface area (Å²) in [5.41, 5.74) is 1.57. The van der Waals surface area contributed by atoms with Gasteiger partial charge in [-0.1, -0.05) is 35.3 Å². The summed E-state index contributed by atoms with van der Waals surface area (Å²) in [4.78, 5) is 15.0. The summed E-state index contributed by atoms with van der Waals surface area (Å²) >= 11 is 12.1. The number of likely N-dealkylation sites (tertiary alicyclic amines) is 1. The van der Waals surface area contributed by atoms with Crippen molar-refractivity contribution in [1.29, 1.82) is 0 Å². The maximum absolute atomic E-state index is 12.6. The van der Waals surface area contributed by atoms with E-state index in [9.17, 15) is 4.79 Å². The highest BCUT2D eigenvalue weighted by Crippen LogP contribution is 2.27. The molecule has 1 saturated heterocycles. The van der Waals surface area contributed by atoms with Gasteiger partial charge in [0.15, 0.2) is 0 Å². The van der Waals surface area contributed by atoms with Gasteiger partial charge in [0.05, 0.1) is 23.7 Å². The molecule has 1 amide bonds. The number of benzene rings is 2. The lowest BCUT2D eigenvalue weighted by molar-refractivity contribution is 0.0938. The van der Waals surface area contributed by atoms with Crippen LogP contribution in [-0.2, 0) is 0 Å². The Hall–Kier alpha value is -1.75. The molecule has 1 unspecified atom stereocenters. The minimum atomic E-state index is -0.196. The van der Waals surface area contributed by atoms with Crippen LogP contribution in [-0.4, -0.2) is 37.6 Å². The van der Waals surface area contributed by atoms with Crippen molar-refractivity contribution in [2.45, 2.75) is 18.9 Å². The normalized spacial score (nSPS) is 15.7. The second-order valence-corrected chi connectivity index (χ2v) is 7.21. The number of rotatable bonds is 6. The van der Waals surface area contributed by atoms with Crippen molar-refractivity contribution in [3.63, 3.8) is 0 Å². The molecule has 1 atom stereocenters. The van der Waals surface area contributed by atoms with E-state index >= 15 is 0 Å². The number of hydrogen-bond donors (Lipinski definition) is 1. The summed E-state index contributed by atoms with van der Waals surface area (Å²) in [6.07, 6.45) is 2.36. The van der Waals surface area contributed by atoms with Gasteiger partial charge in [-0.3, -0.25) is 9.69 Å². The highest BCUT2D eigenvalue weighted by atomic mass is 35.5. The zero-order chi connectivity index (χ0) is 18.5. The van der Waals surface area contributed by atoms with Crippen LogP contribution >= 0.6 is 23.2 Å². The highest BCUT2D eigenvalue weighted by Gasteiger charge is 2.24. The zero-order valence-corrected chi connectivity index (χ0v) is 16.2. The predicted octanol–water partition coefficient (Wildman–Crippen LogP) is 4.57. The molecule has 0 radical (unpaired) electrons. The third-order valence-electron chi connectivity index (χ3n) is 4.69. The minimum Gasteiger partial charge on any atom is -0.497 e. The molecule has 1 heterocycles. The fraction of sp³-hybridized carbons (Fsp3) is 0.350. The van der Waals surface area contributed by atoms with E-state index in [4.69, 9.17) is 27.9 Å². The van der Waals surface area contributed by atoms with Gasteiger partial charge in [0.2, 0.25) is 0 Å². The van der Waals surface area contributed by atoms with Crippen molar-refractivity contribution in [3.05, 3.63) is 63.6 Å². The number of carbonyl (C=O) groups excluding carboxylic acids is 1. The van der Waals surface area contributed by atoms with E-state index in [1.165, 1.54) is 12.8 Å². The Balaban J connectivity index is 1.76. The summed E-state index contributed by atoms with van der Waals surface area (Å²) in [6, 6.07) is 13.0. The molecule has 4 nitrogen and oxygen atoms in total. The lowest BCUT2D eigenvalue weighted by Crippen LogP contribution is -2.36. The summed E-state index contributed by atoms with van der Waals surface area (Å²) < 4.78 is 5.35. The van der Waals surface area contributed by atoms with Crippen molar-refractivity contribution in [2.75, 3.05) is 26.7 Å². The molecule has 1 N–H and O–H groups in total. The molecule has 138 valence electrons. The molecule has 0 aliphatic carbocycles. The summed E-state index contributed by atoms with van der Waals surface area (Å²) in [6.45, 7) is 2.56. The van der Waals surface area contributed by atoms with E-state index in [1.807, 2.05) is 18.2 Å². The Morgan fingerprint density at radius 1 is 1.19 bits per heavy atom. The number of methoxy groups -OCH3 is 1. The van der Waals surface area contributed by atoms with E-state index < -0.39 is 0 Å². The van der Waals surface area contributed by atoms with Gasteiger partial charge in [-0.25, -0.2) is 0 Å². The number of ether oxygens (including phenoxy) is 1. The third-order valence-corrected chi connectivity index (χ3v) is 5.24. The lowest BCUT2D eigenvalue weighted by Gasteiger charge is -2.28. The molecule has 6 heteroatoms. The van der Waals surface area contributed by atoms with Gasteiger partial charge in [-0.05, 0) is 61.8 Å². The van der Waals surface area contributed by atoms with Crippen molar-refractivity contribution < 1.29 is 9.53 Å². The molecule has 2 aromatic rings. The maximum atomic E-state index is 12.6. The number of carbonyl (C=O) groups is 1. The van der Waals surface area contributed by atoms with E-state index in [1.54, 1.807) is 25.3 Å². The third kappa shape index (κ3) is 4.50. The Labute approximate surface area is 164 Å². The molecule has 0 saturated carbocycles. The van der Waals surface area contributed by atoms with Crippen LogP contribution in [0.25, 0.3) is 0 Å². The molecule has 1 aliphatic heterocycles. The van der Waals surface area contributed by atoms with Crippen LogP contribution in [0.1, 0.15) is 34.8 Å². The molecule has 26 heavy (non-hydrogen) atoms. The van der Waals surface area contributed by atoms with Gasteiger partial charge in [-0.15, -0.1) is 0 Å². The van der Waals surface area contributed by atoms with Gasteiger partial charge in [0.1, 0.15) is 5.75 Å². The number of hydrogen-bond acceptors (Lipinski definition) is 3. The van der Waals surface area contributed by atoms with Gasteiger partial charge in [0.25, 0.3) is 5.91 Å². The van der Waals surface area contributed by atoms with Crippen molar-refractivity contribution in [3.8, 4) is 5.75 Å². The summed E-state index contributed by atoms with van der Waals surface area (Å²) in [5.74, 6) is 0.623. The second-order valence-electron chi connectivity index (χ2n) is 6.37. The molecule has 2 aromatic carbocycles.